The summed E-state index contributed by atoms with van der Waals surface area (Å²) in [5.41, 5.74) is 0. The van der Waals surface area contributed by atoms with Gasteiger partial charge in [-0.3, -0.25) is 0 Å². The van der Waals surface area contributed by atoms with E-state index in [4.69, 9.17) is 4.74 Å². The van der Waals surface area contributed by atoms with Crippen LogP contribution in [0, 0.1) is 0 Å². The van der Waals surface area contributed by atoms with Crippen molar-refractivity contribution in [3.63, 3.8) is 0 Å². The zero-order chi connectivity index (χ0) is 13.1. The summed E-state index contributed by atoms with van der Waals surface area (Å²) in [4.78, 5) is 0. The van der Waals surface area contributed by atoms with E-state index in [1.54, 1.807) is 0 Å². The highest BCUT2D eigenvalue weighted by Gasteiger charge is 1.98. The SMILES string of the molecule is CCCCCCCCCCOc1ccccc1Br. The molecule has 0 heterocycles. The fourth-order valence-electron chi connectivity index (χ4n) is 1.98. The Balaban J connectivity index is 1.94. The zero-order valence-electron chi connectivity index (χ0n) is 11.5. The average molecular weight is 313 g/mol. The van der Waals surface area contributed by atoms with Gasteiger partial charge in [0.05, 0.1) is 11.1 Å². The predicted molar refractivity (Wildman–Crippen MR) is 82.2 cm³/mol. The molecule has 1 nitrogen and oxygen atoms in total. The van der Waals surface area contributed by atoms with E-state index in [2.05, 4.69) is 22.9 Å². The van der Waals surface area contributed by atoms with Crippen LogP contribution in [-0.4, -0.2) is 6.61 Å². The first kappa shape index (κ1) is 15.6. The van der Waals surface area contributed by atoms with E-state index >= 15 is 0 Å². The molecule has 18 heavy (non-hydrogen) atoms. The molecule has 0 amide bonds. The molecule has 0 aromatic heterocycles. The Morgan fingerprint density at radius 1 is 0.889 bits per heavy atom. The maximum absolute atomic E-state index is 5.74. The molecule has 102 valence electrons. The minimum absolute atomic E-state index is 0.831. The number of unbranched alkanes of at least 4 members (excludes halogenated alkanes) is 7. The van der Waals surface area contributed by atoms with Crippen LogP contribution in [-0.2, 0) is 0 Å². The molecule has 0 fully saturated rings. The predicted octanol–water partition coefficient (Wildman–Crippen LogP) is 5.97. The normalized spacial score (nSPS) is 10.6. The second kappa shape index (κ2) is 10.4. The quantitative estimate of drug-likeness (QED) is 0.484. The van der Waals surface area contributed by atoms with E-state index < -0.39 is 0 Å². The van der Waals surface area contributed by atoms with Gasteiger partial charge >= 0.3 is 0 Å². The Labute approximate surface area is 120 Å². The lowest BCUT2D eigenvalue weighted by atomic mass is 10.1. The van der Waals surface area contributed by atoms with Gasteiger partial charge in [0.25, 0.3) is 0 Å². The molecule has 0 N–H and O–H groups in total. The smallest absolute Gasteiger partial charge is 0.133 e. The molecule has 0 unspecified atom stereocenters. The summed E-state index contributed by atoms with van der Waals surface area (Å²) in [6.07, 6.45) is 10.7. The van der Waals surface area contributed by atoms with Crippen LogP contribution in [0.5, 0.6) is 5.75 Å². The molecule has 1 aromatic carbocycles. The van der Waals surface area contributed by atoms with Crippen LogP contribution in [0.4, 0.5) is 0 Å². The van der Waals surface area contributed by atoms with Crippen molar-refractivity contribution in [2.24, 2.45) is 0 Å². The fourth-order valence-corrected chi connectivity index (χ4v) is 2.38. The molecule has 0 spiro atoms. The van der Waals surface area contributed by atoms with Gasteiger partial charge in [0.1, 0.15) is 5.75 Å². The number of rotatable bonds is 10. The minimum atomic E-state index is 0.831. The second-order valence-electron chi connectivity index (χ2n) is 4.75. The largest absolute Gasteiger partial charge is 0.492 e. The number of halogens is 1. The molecular weight excluding hydrogens is 288 g/mol. The van der Waals surface area contributed by atoms with E-state index in [9.17, 15) is 0 Å². The van der Waals surface area contributed by atoms with Crippen LogP contribution in [0.3, 0.4) is 0 Å². The molecule has 1 rings (SSSR count). The van der Waals surface area contributed by atoms with Crippen LogP contribution in [0.1, 0.15) is 58.3 Å². The molecule has 0 bridgehead atoms. The Kier molecular flexibility index (Phi) is 9.01. The topological polar surface area (TPSA) is 9.23 Å². The van der Waals surface area contributed by atoms with E-state index in [0.29, 0.717) is 0 Å². The third-order valence-corrected chi connectivity index (χ3v) is 3.75. The molecule has 0 aliphatic rings. The maximum Gasteiger partial charge on any atom is 0.133 e. The monoisotopic (exact) mass is 312 g/mol. The van der Waals surface area contributed by atoms with Crippen molar-refractivity contribution in [1.29, 1.82) is 0 Å². The standard InChI is InChI=1S/C16H25BrO/c1-2-3-4-5-6-7-8-11-14-18-16-13-10-9-12-15(16)17/h9-10,12-13H,2-8,11,14H2,1H3. The summed E-state index contributed by atoms with van der Waals surface area (Å²) in [5.74, 6) is 0.959. The van der Waals surface area contributed by atoms with Crippen LogP contribution >= 0.6 is 15.9 Å². The van der Waals surface area contributed by atoms with Crippen molar-refractivity contribution in [3.05, 3.63) is 28.7 Å². The molecule has 0 aliphatic heterocycles. The van der Waals surface area contributed by atoms with E-state index in [0.717, 1.165) is 23.2 Å². The van der Waals surface area contributed by atoms with E-state index in [1.165, 1.54) is 44.9 Å². The molecule has 0 aliphatic carbocycles. The van der Waals surface area contributed by atoms with Crippen LogP contribution < -0.4 is 4.74 Å². The van der Waals surface area contributed by atoms with Gasteiger partial charge < -0.3 is 4.74 Å². The van der Waals surface area contributed by atoms with Crippen molar-refractivity contribution in [1.82, 2.24) is 0 Å². The summed E-state index contributed by atoms with van der Waals surface area (Å²) in [5, 5.41) is 0. The number of para-hydroxylation sites is 1. The molecular formula is C16H25BrO. The van der Waals surface area contributed by atoms with Crippen LogP contribution in [0.2, 0.25) is 0 Å². The van der Waals surface area contributed by atoms with Gasteiger partial charge in [-0.15, -0.1) is 0 Å². The first-order chi connectivity index (χ1) is 8.84. The molecule has 0 saturated carbocycles. The van der Waals surface area contributed by atoms with Crippen molar-refractivity contribution < 1.29 is 4.74 Å². The number of hydrogen-bond donors (Lipinski definition) is 0. The highest BCUT2D eigenvalue weighted by Crippen LogP contribution is 2.23. The van der Waals surface area contributed by atoms with Gasteiger partial charge in [-0.1, -0.05) is 64.0 Å². The Hall–Kier alpha value is -0.500. The van der Waals surface area contributed by atoms with Crippen molar-refractivity contribution in [2.45, 2.75) is 58.3 Å². The zero-order valence-corrected chi connectivity index (χ0v) is 13.0. The summed E-state index contributed by atoms with van der Waals surface area (Å²) in [6, 6.07) is 8.04. The van der Waals surface area contributed by atoms with E-state index in [-0.39, 0.29) is 0 Å². The van der Waals surface area contributed by atoms with Crippen molar-refractivity contribution in [2.75, 3.05) is 6.61 Å². The molecule has 2 heteroatoms. The minimum Gasteiger partial charge on any atom is -0.492 e. The first-order valence-corrected chi connectivity index (χ1v) is 8.01. The van der Waals surface area contributed by atoms with Gasteiger partial charge in [-0.2, -0.15) is 0 Å². The molecule has 1 aromatic rings. The highest BCUT2D eigenvalue weighted by atomic mass is 79.9. The maximum atomic E-state index is 5.74. The summed E-state index contributed by atoms with van der Waals surface area (Å²) in [6.45, 7) is 3.09. The highest BCUT2D eigenvalue weighted by molar-refractivity contribution is 9.10. The van der Waals surface area contributed by atoms with Crippen LogP contribution in [0.15, 0.2) is 28.7 Å². The van der Waals surface area contributed by atoms with E-state index in [1.807, 2.05) is 24.3 Å². The first-order valence-electron chi connectivity index (χ1n) is 7.22. The molecule has 0 atom stereocenters. The van der Waals surface area contributed by atoms with Gasteiger partial charge in [0.15, 0.2) is 0 Å². The summed E-state index contributed by atoms with van der Waals surface area (Å²) in [7, 11) is 0. The third-order valence-electron chi connectivity index (χ3n) is 3.09. The third kappa shape index (κ3) is 7.05. The van der Waals surface area contributed by atoms with Gasteiger partial charge in [-0.05, 0) is 34.5 Å². The lowest BCUT2D eigenvalue weighted by Gasteiger charge is -2.07. The number of hydrogen-bond acceptors (Lipinski definition) is 1. The number of ether oxygens (including phenoxy) is 1. The Morgan fingerprint density at radius 2 is 1.50 bits per heavy atom. The molecule has 0 radical (unpaired) electrons. The van der Waals surface area contributed by atoms with Gasteiger partial charge in [0, 0.05) is 0 Å². The summed E-state index contributed by atoms with van der Waals surface area (Å²) < 4.78 is 6.78. The second-order valence-corrected chi connectivity index (χ2v) is 5.61. The number of benzene rings is 1. The fraction of sp³-hybridized carbons (Fsp3) is 0.625. The van der Waals surface area contributed by atoms with Crippen molar-refractivity contribution >= 4 is 15.9 Å². The van der Waals surface area contributed by atoms with Gasteiger partial charge in [-0.25, -0.2) is 0 Å². The Morgan fingerprint density at radius 3 is 2.17 bits per heavy atom. The van der Waals surface area contributed by atoms with Gasteiger partial charge in [0.2, 0.25) is 0 Å². The average Bonchev–Trinajstić information content (AvgIpc) is 2.39. The molecule has 0 saturated heterocycles. The Bertz CT molecular complexity index is 312. The van der Waals surface area contributed by atoms with Crippen LogP contribution in [0.25, 0.3) is 0 Å². The lowest BCUT2D eigenvalue weighted by Crippen LogP contribution is -1.97. The van der Waals surface area contributed by atoms with Crippen molar-refractivity contribution in [3.8, 4) is 5.75 Å². The summed E-state index contributed by atoms with van der Waals surface area (Å²) >= 11 is 3.49. The lowest BCUT2D eigenvalue weighted by molar-refractivity contribution is 0.302.